The van der Waals surface area contributed by atoms with Crippen molar-refractivity contribution in [3.63, 3.8) is 0 Å². The van der Waals surface area contributed by atoms with Crippen LogP contribution in [0.15, 0.2) is 12.2 Å². The summed E-state index contributed by atoms with van der Waals surface area (Å²) in [6.45, 7) is 13.1. The van der Waals surface area contributed by atoms with E-state index in [1.807, 2.05) is 0 Å². The molecule has 1 nitrogen and oxygen atoms in total. The lowest BCUT2D eigenvalue weighted by atomic mass is 10.1. The third-order valence-corrected chi connectivity index (χ3v) is 7.29. The van der Waals surface area contributed by atoms with Crippen LogP contribution in [0.1, 0.15) is 32.6 Å². The molecule has 0 heterocycles. The summed E-state index contributed by atoms with van der Waals surface area (Å²) in [5.74, 6) is 0.321. The lowest BCUT2D eigenvalue weighted by Gasteiger charge is -2.28. The smallest absolute Gasteiger partial charge is 0.129 e. The van der Waals surface area contributed by atoms with Gasteiger partial charge in [0.15, 0.2) is 0 Å². The highest BCUT2D eigenvalue weighted by molar-refractivity contribution is 6.81. The predicted molar refractivity (Wildman–Crippen MR) is 64.3 cm³/mol. The molecule has 1 atom stereocenters. The molecule has 1 fully saturated rings. The molecule has 2 heteroatoms. The highest BCUT2D eigenvalue weighted by Gasteiger charge is 2.55. The number of hydrogen-bond donors (Lipinski definition) is 0. The molecule has 14 heavy (non-hydrogen) atoms. The first kappa shape index (κ1) is 11.7. The van der Waals surface area contributed by atoms with E-state index in [4.69, 9.17) is 0 Å². The standard InChI is InChI=1S/C12H22OSi/c1-10-9-12(10,14(3,4)5)8-6-7-11(2)13/h1,6-9H2,2-5H3. The number of rotatable bonds is 5. The minimum absolute atomic E-state index is 0.321. The van der Waals surface area contributed by atoms with E-state index in [1.54, 1.807) is 6.92 Å². The Morgan fingerprint density at radius 3 is 2.29 bits per heavy atom. The van der Waals surface area contributed by atoms with Crippen LogP contribution in [0.2, 0.25) is 24.7 Å². The van der Waals surface area contributed by atoms with E-state index in [2.05, 4.69) is 26.2 Å². The number of hydrogen-bond acceptors (Lipinski definition) is 1. The summed E-state index contributed by atoms with van der Waals surface area (Å²) in [7, 11) is -1.12. The Balaban J connectivity index is 2.49. The van der Waals surface area contributed by atoms with Crippen LogP contribution in [0.5, 0.6) is 0 Å². The Morgan fingerprint density at radius 2 is 2.00 bits per heavy atom. The van der Waals surface area contributed by atoms with Gasteiger partial charge >= 0.3 is 0 Å². The molecule has 0 radical (unpaired) electrons. The molecule has 80 valence electrons. The summed E-state index contributed by atoms with van der Waals surface area (Å²) in [6, 6.07) is 0. The van der Waals surface area contributed by atoms with Crippen LogP contribution in [0.4, 0.5) is 0 Å². The van der Waals surface area contributed by atoms with Crippen molar-refractivity contribution in [2.45, 2.75) is 57.3 Å². The highest BCUT2D eigenvalue weighted by atomic mass is 28.3. The van der Waals surface area contributed by atoms with Crippen molar-refractivity contribution >= 4 is 13.9 Å². The van der Waals surface area contributed by atoms with Crippen molar-refractivity contribution in [2.24, 2.45) is 0 Å². The first-order valence-corrected chi connectivity index (χ1v) is 8.97. The maximum absolute atomic E-state index is 10.9. The van der Waals surface area contributed by atoms with E-state index >= 15 is 0 Å². The van der Waals surface area contributed by atoms with Crippen molar-refractivity contribution in [3.05, 3.63) is 12.2 Å². The summed E-state index contributed by atoms with van der Waals surface area (Å²) < 4.78 is 0. The zero-order chi connectivity index (χ0) is 11.0. The van der Waals surface area contributed by atoms with Gasteiger partial charge in [0.25, 0.3) is 0 Å². The summed E-state index contributed by atoms with van der Waals surface area (Å²) in [5, 5.41) is 0.475. The summed E-state index contributed by atoms with van der Waals surface area (Å²) >= 11 is 0. The molecule has 1 saturated carbocycles. The normalized spacial score (nSPS) is 26.4. The number of carbonyl (C=O) groups is 1. The van der Waals surface area contributed by atoms with Gasteiger partial charge in [-0.2, -0.15) is 0 Å². The van der Waals surface area contributed by atoms with Gasteiger partial charge in [0.2, 0.25) is 0 Å². The van der Waals surface area contributed by atoms with Crippen LogP contribution < -0.4 is 0 Å². The zero-order valence-electron chi connectivity index (χ0n) is 9.94. The van der Waals surface area contributed by atoms with Gasteiger partial charge < -0.3 is 4.79 Å². The molecular formula is C12H22OSi. The molecule has 0 N–H and O–H groups in total. The molecule has 1 aliphatic carbocycles. The fraction of sp³-hybridized carbons (Fsp3) is 0.750. The van der Waals surface area contributed by atoms with Crippen molar-refractivity contribution in [1.29, 1.82) is 0 Å². The van der Waals surface area contributed by atoms with Gasteiger partial charge in [0.1, 0.15) is 5.78 Å². The maximum atomic E-state index is 10.9. The number of Topliss-reactive ketones (excluding diaryl/α,β-unsaturated/α-hetero) is 1. The molecule has 0 aromatic carbocycles. The van der Waals surface area contributed by atoms with Crippen molar-refractivity contribution < 1.29 is 4.79 Å². The van der Waals surface area contributed by atoms with Gasteiger partial charge in [-0.15, -0.1) is 0 Å². The molecule has 0 saturated heterocycles. The molecule has 0 aromatic heterocycles. The zero-order valence-corrected chi connectivity index (χ0v) is 10.9. The van der Waals surface area contributed by atoms with E-state index < -0.39 is 8.07 Å². The Kier molecular flexibility index (Phi) is 3.05. The highest BCUT2D eigenvalue weighted by Crippen LogP contribution is 2.67. The Morgan fingerprint density at radius 1 is 1.50 bits per heavy atom. The molecule has 1 aliphatic rings. The molecule has 0 bridgehead atoms. The van der Waals surface area contributed by atoms with Crippen molar-refractivity contribution in [2.75, 3.05) is 0 Å². The molecule has 0 amide bonds. The lowest BCUT2D eigenvalue weighted by molar-refractivity contribution is -0.117. The molecule has 1 rings (SSSR count). The minimum Gasteiger partial charge on any atom is -0.300 e. The number of allylic oxidation sites excluding steroid dienone is 1. The number of ketones is 1. The van der Waals surface area contributed by atoms with Crippen molar-refractivity contribution in [3.8, 4) is 0 Å². The molecule has 1 unspecified atom stereocenters. The van der Waals surface area contributed by atoms with Gasteiger partial charge in [0, 0.05) is 6.42 Å². The lowest BCUT2D eigenvalue weighted by Crippen LogP contribution is -2.30. The van der Waals surface area contributed by atoms with Crippen LogP contribution in [0, 0.1) is 0 Å². The average molecular weight is 210 g/mol. The molecule has 0 aliphatic heterocycles. The fourth-order valence-electron chi connectivity index (χ4n) is 2.39. The van der Waals surface area contributed by atoms with Crippen LogP contribution in [-0.4, -0.2) is 13.9 Å². The first-order valence-electron chi connectivity index (χ1n) is 5.47. The first-order chi connectivity index (χ1) is 6.29. The second kappa shape index (κ2) is 3.65. The largest absolute Gasteiger partial charge is 0.300 e. The fourth-order valence-corrected chi connectivity index (χ4v) is 5.13. The van der Waals surface area contributed by atoms with Crippen LogP contribution in [0.25, 0.3) is 0 Å². The predicted octanol–water partition coefficient (Wildman–Crippen LogP) is 3.78. The van der Waals surface area contributed by atoms with Crippen LogP contribution >= 0.6 is 0 Å². The monoisotopic (exact) mass is 210 g/mol. The van der Waals surface area contributed by atoms with E-state index in [0.29, 0.717) is 10.8 Å². The Labute approximate surface area is 88.6 Å². The SMILES string of the molecule is C=C1CC1(CCCC(C)=O)[Si](C)(C)C. The average Bonchev–Trinajstić information content (AvgIpc) is 2.60. The van der Waals surface area contributed by atoms with Gasteiger partial charge in [-0.1, -0.05) is 31.8 Å². The molecule has 0 spiro atoms. The topological polar surface area (TPSA) is 17.1 Å². The summed E-state index contributed by atoms with van der Waals surface area (Å²) in [5.41, 5.74) is 1.44. The Hall–Kier alpha value is -0.373. The third kappa shape index (κ3) is 2.16. The second-order valence-electron chi connectivity index (χ2n) is 5.67. The van der Waals surface area contributed by atoms with E-state index in [0.717, 1.165) is 12.8 Å². The molecule has 0 aromatic rings. The van der Waals surface area contributed by atoms with E-state index in [1.165, 1.54) is 18.4 Å². The minimum atomic E-state index is -1.12. The summed E-state index contributed by atoms with van der Waals surface area (Å²) in [6.07, 6.45) is 4.22. The Bertz CT molecular complexity index is 262. The number of carbonyl (C=O) groups excluding carboxylic acids is 1. The van der Waals surface area contributed by atoms with Crippen LogP contribution in [-0.2, 0) is 4.79 Å². The summed E-state index contributed by atoms with van der Waals surface area (Å²) in [4.78, 5) is 10.9. The maximum Gasteiger partial charge on any atom is 0.129 e. The van der Waals surface area contributed by atoms with Crippen LogP contribution in [0.3, 0.4) is 0 Å². The third-order valence-electron chi connectivity index (χ3n) is 3.63. The van der Waals surface area contributed by atoms with Gasteiger partial charge in [-0.25, -0.2) is 0 Å². The van der Waals surface area contributed by atoms with E-state index in [-0.39, 0.29) is 0 Å². The molecular weight excluding hydrogens is 188 g/mol. The van der Waals surface area contributed by atoms with Gasteiger partial charge in [0.05, 0.1) is 8.07 Å². The van der Waals surface area contributed by atoms with Crippen molar-refractivity contribution in [1.82, 2.24) is 0 Å². The quantitative estimate of drug-likeness (QED) is 0.498. The van der Waals surface area contributed by atoms with Gasteiger partial charge in [-0.3, -0.25) is 0 Å². The second-order valence-corrected chi connectivity index (χ2v) is 11.1. The van der Waals surface area contributed by atoms with E-state index in [9.17, 15) is 4.79 Å². The van der Waals surface area contributed by atoms with Gasteiger partial charge in [-0.05, 0) is 31.2 Å².